The second kappa shape index (κ2) is 6.31. The van der Waals surface area contributed by atoms with Crippen molar-refractivity contribution in [1.82, 2.24) is 24.7 Å². The molecule has 2 N–H and O–H groups in total. The number of anilines is 3. The van der Waals surface area contributed by atoms with E-state index in [2.05, 4.69) is 30.7 Å². The van der Waals surface area contributed by atoms with E-state index in [0.29, 0.717) is 11.8 Å². The number of rotatable bonds is 5. The molecule has 0 spiro atoms. The summed E-state index contributed by atoms with van der Waals surface area (Å²) in [6.07, 6.45) is 8.81. The molecule has 1 aliphatic carbocycles. The van der Waals surface area contributed by atoms with Crippen molar-refractivity contribution in [3.63, 3.8) is 0 Å². The van der Waals surface area contributed by atoms with E-state index in [-0.39, 0.29) is 11.8 Å². The SMILES string of the molecule is Cn1cc(Nc2nccc(-c3ccnc(NC(=O)C4CC4)c3)n2)cn1. The fourth-order valence-electron chi connectivity index (χ4n) is 2.43. The van der Waals surface area contributed by atoms with Gasteiger partial charge in [-0.15, -0.1) is 0 Å². The second-order valence-corrected chi connectivity index (χ2v) is 5.99. The normalized spacial score (nSPS) is 13.5. The molecule has 8 nitrogen and oxygen atoms in total. The molecule has 1 saturated carbocycles. The second-order valence-electron chi connectivity index (χ2n) is 5.99. The molecule has 1 amide bonds. The highest BCUT2D eigenvalue weighted by Crippen LogP contribution is 2.30. The molecule has 3 heterocycles. The zero-order valence-electron chi connectivity index (χ0n) is 13.7. The maximum Gasteiger partial charge on any atom is 0.228 e. The Morgan fingerprint density at radius 3 is 2.84 bits per heavy atom. The summed E-state index contributed by atoms with van der Waals surface area (Å²) in [5.74, 6) is 1.19. The number of pyridine rings is 1. The summed E-state index contributed by atoms with van der Waals surface area (Å²) in [5, 5.41) is 10.1. The first kappa shape index (κ1) is 15.3. The first-order valence-electron chi connectivity index (χ1n) is 8.03. The van der Waals surface area contributed by atoms with Crippen molar-refractivity contribution in [2.45, 2.75) is 12.8 Å². The lowest BCUT2D eigenvalue weighted by atomic mass is 10.2. The molecule has 1 aliphatic rings. The highest BCUT2D eigenvalue weighted by molar-refractivity contribution is 5.93. The van der Waals surface area contributed by atoms with Gasteiger partial charge >= 0.3 is 0 Å². The summed E-state index contributed by atoms with van der Waals surface area (Å²) < 4.78 is 1.70. The van der Waals surface area contributed by atoms with Crippen LogP contribution in [-0.4, -0.2) is 30.6 Å². The first-order valence-corrected chi connectivity index (χ1v) is 8.03. The Morgan fingerprint density at radius 1 is 1.24 bits per heavy atom. The van der Waals surface area contributed by atoms with E-state index in [0.717, 1.165) is 29.8 Å². The number of hydrogen-bond acceptors (Lipinski definition) is 6. The van der Waals surface area contributed by atoms with Gasteiger partial charge in [0.2, 0.25) is 11.9 Å². The van der Waals surface area contributed by atoms with Gasteiger partial charge in [0.05, 0.1) is 17.6 Å². The topological polar surface area (TPSA) is 97.6 Å². The predicted molar refractivity (Wildman–Crippen MR) is 93.1 cm³/mol. The van der Waals surface area contributed by atoms with E-state index in [9.17, 15) is 4.79 Å². The minimum absolute atomic E-state index is 0.0336. The van der Waals surface area contributed by atoms with Gasteiger partial charge in [-0.1, -0.05) is 0 Å². The van der Waals surface area contributed by atoms with Crippen molar-refractivity contribution in [2.24, 2.45) is 13.0 Å². The van der Waals surface area contributed by atoms with Gasteiger partial charge in [0.1, 0.15) is 5.82 Å². The van der Waals surface area contributed by atoms with E-state index in [4.69, 9.17) is 0 Å². The van der Waals surface area contributed by atoms with E-state index in [1.165, 1.54) is 0 Å². The monoisotopic (exact) mass is 335 g/mol. The van der Waals surface area contributed by atoms with E-state index in [1.807, 2.05) is 31.4 Å². The number of carbonyl (C=O) groups is 1. The van der Waals surface area contributed by atoms with Crippen LogP contribution < -0.4 is 10.6 Å². The standard InChI is InChI=1S/C17H17N7O/c1-24-10-13(9-20-24)21-17-19-7-5-14(22-17)12-4-6-18-15(8-12)23-16(25)11-2-3-11/h4-11H,2-3H2,1H3,(H,18,23,25)(H,19,21,22). The molecular weight excluding hydrogens is 318 g/mol. The fourth-order valence-corrected chi connectivity index (χ4v) is 2.43. The van der Waals surface area contributed by atoms with Crippen LogP contribution in [0.5, 0.6) is 0 Å². The van der Waals surface area contributed by atoms with Crippen LogP contribution >= 0.6 is 0 Å². The van der Waals surface area contributed by atoms with Crippen molar-refractivity contribution < 1.29 is 4.79 Å². The Bertz CT molecular complexity index is 917. The van der Waals surface area contributed by atoms with Gasteiger partial charge in [-0.05, 0) is 31.0 Å². The quantitative estimate of drug-likeness (QED) is 0.743. The van der Waals surface area contributed by atoms with Gasteiger partial charge in [0.25, 0.3) is 0 Å². The predicted octanol–water partition coefficient (Wildman–Crippen LogP) is 2.36. The van der Waals surface area contributed by atoms with Gasteiger partial charge < -0.3 is 10.6 Å². The molecule has 3 aromatic rings. The molecule has 25 heavy (non-hydrogen) atoms. The highest BCUT2D eigenvalue weighted by atomic mass is 16.2. The highest BCUT2D eigenvalue weighted by Gasteiger charge is 2.29. The maximum atomic E-state index is 11.9. The molecule has 8 heteroatoms. The van der Waals surface area contributed by atoms with Gasteiger partial charge in [-0.2, -0.15) is 5.10 Å². The third-order valence-corrected chi connectivity index (χ3v) is 3.87. The molecular formula is C17H17N7O. The number of carbonyl (C=O) groups excluding carboxylic acids is 1. The Kier molecular flexibility index (Phi) is 3.85. The fraction of sp³-hybridized carbons (Fsp3) is 0.235. The van der Waals surface area contributed by atoms with Gasteiger partial charge in [0.15, 0.2) is 0 Å². The minimum atomic E-state index is 0.0336. The smallest absolute Gasteiger partial charge is 0.228 e. The summed E-state index contributed by atoms with van der Waals surface area (Å²) in [6, 6.07) is 5.48. The van der Waals surface area contributed by atoms with Crippen LogP contribution in [0, 0.1) is 5.92 Å². The van der Waals surface area contributed by atoms with Crippen LogP contribution in [0.15, 0.2) is 43.0 Å². The average molecular weight is 335 g/mol. The third-order valence-electron chi connectivity index (χ3n) is 3.87. The van der Waals surface area contributed by atoms with Crippen molar-refractivity contribution in [1.29, 1.82) is 0 Å². The molecule has 0 saturated heterocycles. The van der Waals surface area contributed by atoms with Crippen molar-refractivity contribution in [2.75, 3.05) is 10.6 Å². The number of hydrogen-bond donors (Lipinski definition) is 2. The van der Waals surface area contributed by atoms with E-state index < -0.39 is 0 Å². The van der Waals surface area contributed by atoms with Crippen molar-refractivity contribution in [3.8, 4) is 11.3 Å². The molecule has 1 fully saturated rings. The Morgan fingerprint density at radius 2 is 2.08 bits per heavy atom. The average Bonchev–Trinajstić information content (AvgIpc) is 3.39. The van der Waals surface area contributed by atoms with Gasteiger partial charge in [-0.25, -0.2) is 15.0 Å². The summed E-state index contributed by atoms with van der Waals surface area (Å²) in [5.41, 5.74) is 2.41. The van der Waals surface area contributed by atoms with E-state index >= 15 is 0 Å². The third kappa shape index (κ3) is 3.63. The van der Waals surface area contributed by atoms with Crippen LogP contribution in [0.3, 0.4) is 0 Å². The molecule has 0 aromatic carbocycles. The lowest BCUT2D eigenvalue weighted by Crippen LogP contribution is -2.14. The molecule has 0 radical (unpaired) electrons. The number of aromatic nitrogens is 5. The van der Waals surface area contributed by atoms with Crippen LogP contribution in [0.2, 0.25) is 0 Å². The summed E-state index contributed by atoms with van der Waals surface area (Å²) in [4.78, 5) is 24.8. The van der Waals surface area contributed by atoms with Gasteiger partial charge in [-0.3, -0.25) is 9.48 Å². The lowest BCUT2D eigenvalue weighted by molar-refractivity contribution is -0.117. The molecule has 3 aromatic heterocycles. The molecule has 0 aliphatic heterocycles. The van der Waals surface area contributed by atoms with Gasteiger partial charge in [0, 0.05) is 37.1 Å². The van der Waals surface area contributed by atoms with Crippen LogP contribution in [0.1, 0.15) is 12.8 Å². The number of aryl methyl sites for hydroxylation is 1. The summed E-state index contributed by atoms with van der Waals surface area (Å²) >= 11 is 0. The molecule has 126 valence electrons. The maximum absolute atomic E-state index is 11.9. The Balaban J connectivity index is 1.54. The number of nitrogens with one attached hydrogen (secondary N) is 2. The Labute approximate surface area is 144 Å². The van der Waals surface area contributed by atoms with Crippen LogP contribution in [0.25, 0.3) is 11.3 Å². The molecule has 0 atom stereocenters. The van der Waals surface area contributed by atoms with Crippen LogP contribution in [-0.2, 0) is 11.8 Å². The lowest BCUT2D eigenvalue weighted by Gasteiger charge is -2.07. The summed E-state index contributed by atoms with van der Waals surface area (Å²) in [7, 11) is 1.84. The zero-order valence-corrected chi connectivity index (χ0v) is 13.7. The largest absolute Gasteiger partial charge is 0.321 e. The Hall–Kier alpha value is -3.29. The zero-order chi connectivity index (χ0) is 17.2. The minimum Gasteiger partial charge on any atom is -0.321 e. The number of nitrogens with zero attached hydrogens (tertiary/aromatic N) is 5. The van der Waals surface area contributed by atoms with E-state index in [1.54, 1.807) is 23.3 Å². The molecule has 0 bridgehead atoms. The van der Waals surface area contributed by atoms with Crippen molar-refractivity contribution >= 4 is 23.4 Å². The summed E-state index contributed by atoms with van der Waals surface area (Å²) in [6.45, 7) is 0. The van der Waals surface area contributed by atoms with Crippen molar-refractivity contribution in [3.05, 3.63) is 43.0 Å². The number of amides is 1. The van der Waals surface area contributed by atoms with Crippen LogP contribution in [0.4, 0.5) is 17.5 Å². The molecule has 0 unspecified atom stereocenters. The molecule has 4 rings (SSSR count). The first-order chi connectivity index (χ1) is 12.2.